The highest BCUT2D eigenvalue weighted by molar-refractivity contribution is 7.99. The van der Waals surface area contributed by atoms with E-state index >= 15 is 0 Å². The van der Waals surface area contributed by atoms with Gasteiger partial charge in [-0.25, -0.2) is 4.99 Å². The van der Waals surface area contributed by atoms with Crippen LogP contribution < -0.4 is 10.6 Å². The quantitative estimate of drug-likeness (QED) is 0.532. The number of hydrogen-bond acceptors (Lipinski definition) is 3. The second kappa shape index (κ2) is 10.1. The summed E-state index contributed by atoms with van der Waals surface area (Å²) in [5, 5.41) is 6.97. The lowest BCUT2D eigenvalue weighted by molar-refractivity contribution is -0.127. The van der Waals surface area contributed by atoms with Crippen molar-refractivity contribution in [1.29, 1.82) is 0 Å². The van der Waals surface area contributed by atoms with Gasteiger partial charge in [-0.15, -0.1) is 0 Å². The first-order chi connectivity index (χ1) is 8.51. The first kappa shape index (κ1) is 17.1. The normalized spacial score (nSPS) is 13.1. The van der Waals surface area contributed by atoms with Gasteiger partial charge in [-0.05, 0) is 12.7 Å². The number of rotatable bonds is 7. The third-order valence-corrected chi connectivity index (χ3v) is 3.34. The minimum atomic E-state index is 0.00511. The van der Waals surface area contributed by atoms with Gasteiger partial charge in [0.2, 0.25) is 5.91 Å². The van der Waals surface area contributed by atoms with Crippen molar-refractivity contribution < 1.29 is 4.79 Å². The maximum absolute atomic E-state index is 11.5. The number of hydrogen-bond donors (Lipinski definition) is 2. The Morgan fingerprint density at radius 2 is 2.06 bits per heavy atom. The van der Waals surface area contributed by atoms with Crippen LogP contribution in [0.5, 0.6) is 0 Å². The maximum Gasteiger partial charge on any atom is 0.243 e. The van der Waals surface area contributed by atoms with Gasteiger partial charge in [0.25, 0.3) is 0 Å². The fourth-order valence-corrected chi connectivity index (χ4v) is 1.28. The van der Waals surface area contributed by atoms with Crippen LogP contribution in [0.3, 0.4) is 0 Å². The topological polar surface area (TPSA) is 56.7 Å². The third-order valence-electron chi connectivity index (χ3n) is 2.37. The predicted molar refractivity (Wildman–Crippen MR) is 80.3 cm³/mol. The third kappa shape index (κ3) is 8.22. The highest BCUT2D eigenvalue weighted by Crippen LogP contribution is 2.02. The molecule has 1 unspecified atom stereocenters. The van der Waals surface area contributed by atoms with E-state index in [4.69, 9.17) is 0 Å². The van der Waals surface area contributed by atoms with E-state index in [2.05, 4.69) is 35.7 Å². The summed E-state index contributed by atoms with van der Waals surface area (Å²) >= 11 is 1.80. The molecule has 6 heteroatoms. The highest BCUT2D eigenvalue weighted by atomic mass is 32.2. The van der Waals surface area contributed by atoms with Gasteiger partial charge < -0.3 is 15.5 Å². The van der Waals surface area contributed by atoms with Gasteiger partial charge >= 0.3 is 0 Å². The van der Waals surface area contributed by atoms with E-state index in [1.807, 2.05) is 0 Å². The van der Waals surface area contributed by atoms with Crippen molar-refractivity contribution in [2.75, 3.05) is 40.0 Å². The van der Waals surface area contributed by atoms with Gasteiger partial charge in [0, 0.05) is 32.4 Å². The molecule has 106 valence electrons. The molecule has 0 aromatic rings. The van der Waals surface area contributed by atoms with Crippen LogP contribution in [0.2, 0.25) is 0 Å². The van der Waals surface area contributed by atoms with Crippen LogP contribution in [0, 0.1) is 0 Å². The summed E-state index contributed by atoms with van der Waals surface area (Å²) in [5.41, 5.74) is 0. The van der Waals surface area contributed by atoms with Crippen LogP contribution >= 0.6 is 11.8 Å². The summed E-state index contributed by atoms with van der Waals surface area (Å²) in [6, 6.07) is 0. The molecule has 0 aliphatic heterocycles. The number of thioether (sulfide) groups is 1. The average molecular weight is 274 g/mol. The number of nitrogens with zero attached hydrogens (tertiary/aromatic N) is 2. The molecule has 18 heavy (non-hydrogen) atoms. The molecular formula is C12H26N4OS. The van der Waals surface area contributed by atoms with E-state index in [0.29, 0.717) is 11.2 Å². The standard InChI is InChI=1S/C12H26N4OS/c1-6-7-13-12(14-8-10(2)18-5)15-9-11(17)16(3)4/h10H,6-9H2,1-5H3,(H2,13,14,15). The molecule has 0 fully saturated rings. The zero-order chi connectivity index (χ0) is 14.0. The molecule has 0 aliphatic carbocycles. The first-order valence-electron chi connectivity index (χ1n) is 6.26. The van der Waals surface area contributed by atoms with E-state index in [0.717, 1.165) is 19.5 Å². The van der Waals surface area contributed by atoms with E-state index in [-0.39, 0.29) is 12.5 Å². The predicted octanol–water partition coefficient (Wildman–Crippen LogP) is 0.771. The van der Waals surface area contributed by atoms with Crippen molar-refractivity contribution in [3.63, 3.8) is 0 Å². The Bertz CT molecular complexity index is 269. The number of likely N-dealkylation sites (N-methyl/N-ethyl adjacent to an activating group) is 1. The van der Waals surface area contributed by atoms with Crippen LogP contribution in [0.1, 0.15) is 20.3 Å². The molecule has 0 heterocycles. The SMILES string of the molecule is CCCNC(=NCC(=O)N(C)C)NCC(C)SC. The van der Waals surface area contributed by atoms with E-state index < -0.39 is 0 Å². The summed E-state index contributed by atoms with van der Waals surface area (Å²) < 4.78 is 0. The van der Waals surface area contributed by atoms with Crippen LogP contribution in [0.4, 0.5) is 0 Å². The lowest BCUT2D eigenvalue weighted by Gasteiger charge is -2.15. The molecule has 0 aromatic carbocycles. The Balaban J connectivity index is 4.28. The summed E-state index contributed by atoms with van der Waals surface area (Å²) in [6.07, 6.45) is 3.11. The van der Waals surface area contributed by atoms with Crippen molar-refractivity contribution in [3.05, 3.63) is 0 Å². The summed E-state index contributed by atoms with van der Waals surface area (Å²) in [7, 11) is 3.47. The number of guanidine groups is 1. The summed E-state index contributed by atoms with van der Waals surface area (Å²) in [5.74, 6) is 0.721. The Kier molecular flexibility index (Phi) is 9.55. The molecule has 0 radical (unpaired) electrons. The molecule has 1 amide bonds. The lowest BCUT2D eigenvalue weighted by atomic mass is 10.4. The smallest absolute Gasteiger partial charge is 0.243 e. The molecule has 0 rings (SSSR count). The van der Waals surface area contributed by atoms with Gasteiger partial charge in [-0.2, -0.15) is 11.8 Å². The molecule has 0 aromatic heterocycles. The van der Waals surface area contributed by atoms with Crippen molar-refractivity contribution >= 4 is 23.6 Å². The van der Waals surface area contributed by atoms with E-state index in [1.165, 1.54) is 0 Å². The monoisotopic (exact) mass is 274 g/mol. The molecule has 0 spiro atoms. The fraction of sp³-hybridized carbons (Fsp3) is 0.833. The van der Waals surface area contributed by atoms with Crippen LogP contribution in [-0.2, 0) is 4.79 Å². The van der Waals surface area contributed by atoms with Crippen molar-refractivity contribution in [2.45, 2.75) is 25.5 Å². The molecule has 5 nitrogen and oxygen atoms in total. The number of carbonyl (C=O) groups excluding carboxylic acids is 1. The van der Waals surface area contributed by atoms with Crippen LogP contribution in [0.15, 0.2) is 4.99 Å². The Labute approximate surface area is 115 Å². The van der Waals surface area contributed by atoms with Crippen molar-refractivity contribution in [3.8, 4) is 0 Å². The number of aliphatic imine (C=N–C) groups is 1. The molecular weight excluding hydrogens is 248 g/mol. The minimum Gasteiger partial charge on any atom is -0.356 e. The van der Waals surface area contributed by atoms with Gasteiger partial charge in [-0.1, -0.05) is 13.8 Å². The Hall–Kier alpha value is -0.910. The minimum absolute atomic E-state index is 0.00511. The van der Waals surface area contributed by atoms with Crippen LogP contribution in [0.25, 0.3) is 0 Å². The molecule has 2 N–H and O–H groups in total. The van der Waals surface area contributed by atoms with Gasteiger partial charge in [0.15, 0.2) is 5.96 Å². The second-order valence-electron chi connectivity index (χ2n) is 4.31. The molecule has 0 saturated heterocycles. The van der Waals surface area contributed by atoms with E-state index in [9.17, 15) is 4.79 Å². The summed E-state index contributed by atoms with van der Waals surface area (Å²) in [4.78, 5) is 17.3. The number of carbonyl (C=O) groups is 1. The lowest BCUT2D eigenvalue weighted by Crippen LogP contribution is -2.41. The second-order valence-corrected chi connectivity index (χ2v) is 5.58. The highest BCUT2D eigenvalue weighted by Gasteiger charge is 2.05. The van der Waals surface area contributed by atoms with Gasteiger partial charge in [0.1, 0.15) is 6.54 Å². The molecule has 0 bridgehead atoms. The zero-order valence-electron chi connectivity index (χ0n) is 12.1. The Morgan fingerprint density at radius 1 is 1.39 bits per heavy atom. The maximum atomic E-state index is 11.5. The van der Waals surface area contributed by atoms with Gasteiger partial charge in [-0.3, -0.25) is 4.79 Å². The van der Waals surface area contributed by atoms with Crippen molar-refractivity contribution in [2.24, 2.45) is 4.99 Å². The van der Waals surface area contributed by atoms with Gasteiger partial charge in [0.05, 0.1) is 0 Å². The zero-order valence-corrected chi connectivity index (χ0v) is 12.9. The van der Waals surface area contributed by atoms with Crippen LogP contribution in [-0.4, -0.2) is 62.0 Å². The van der Waals surface area contributed by atoms with Crippen molar-refractivity contribution in [1.82, 2.24) is 15.5 Å². The van der Waals surface area contributed by atoms with E-state index in [1.54, 1.807) is 30.8 Å². The fourth-order valence-electron chi connectivity index (χ4n) is 1.03. The molecule has 1 atom stereocenters. The first-order valence-corrected chi connectivity index (χ1v) is 7.55. The summed E-state index contributed by atoms with van der Waals surface area (Å²) in [6.45, 7) is 6.13. The largest absolute Gasteiger partial charge is 0.356 e. The average Bonchev–Trinajstić information content (AvgIpc) is 2.36. The Morgan fingerprint density at radius 3 is 2.56 bits per heavy atom. The molecule has 0 saturated carbocycles. The number of nitrogens with one attached hydrogen (secondary N) is 2. The number of amides is 1. The molecule has 0 aliphatic rings.